The number of carbonyl (C=O) groups is 3. The van der Waals surface area contributed by atoms with E-state index in [-0.39, 0.29) is 11.6 Å². The highest BCUT2D eigenvalue weighted by atomic mass is 32.2. The van der Waals surface area contributed by atoms with E-state index in [4.69, 9.17) is 4.74 Å². The molecule has 8 nitrogen and oxygen atoms in total. The van der Waals surface area contributed by atoms with Gasteiger partial charge in [0, 0.05) is 32.7 Å². The van der Waals surface area contributed by atoms with E-state index in [1.807, 2.05) is 110 Å². The van der Waals surface area contributed by atoms with Gasteiger partial charge >= 0.3 is 0 Å². The molecular weight excluding hydrogens is 689 g/mol. The highest BCUT2D eigenvalue weighted by molar-refractivity contribution is 8.00. The number of rotatable bonds is 13. The lowest BCUT2D eigenvalue weighted by atomic mass is 10.1. The molecule has 5 aromatic carbocycles. The number of para-hydroxylation sites is 1. The van der Waals surface area contributed by atoms with Gasteiger partial charge in [-0.3, -0.25) is 14.4 Å². The molecule has 0 saturated heterocycles. The van der Waals surface area contributed by atoms with Crippen LogP contribution < -0.4 is 20.7 Å². The third-order valence-electron chi connectivity index (χ3n) is 7.82. The third-order valence-corrected chi connectivity index (χ3v) is 9.82. The molecule has 0 bridgehead atoms. The van der Waals surface area contributed by atoms with Gasteiger partial charge in [0.25, 0.3) is 11.8 Å². The largest absolute Gasteiger partial charge is 0.493 e. The summed E-state index contributed by atoms with van der Waals surface area (Å²) in [7, 11) is 0. The van der Waals surface area contributed by atoms with Gasteiger partial charge in [0.15, 0.2) is 5.13 Å². The molecule has 0 fully saturated rings. The van der Waals surface area contributed by atoms with Gasteiger partial charge in [-0.1, -0.05) is 103 Å². The second kappa shape index (κ2) is 17.3. The third kappa shape index (κ3) is 9.42. The predicted molar refractivity (Wildman–Crippen MR) is 211 cm³/mol. The summed E-state index contributed by atoms with van der Waals surface area (Å²) in [6, 6.07) is 40.8. The number of nitrogens with zero attached hydrogens (tertiary/aromatic N) is 1. The fraction of sp³-hybridized carbons (Fsp3) is 0.0952. The van der Waals surface area contributed by atoms with E-state index in [1.54, 1.807) is 48.5 Å². The Morgan fingerprint density at radius 2 is 1.54 bits per heavy atom. The summed E-state index contributed by atoms with van der Waals surface area (Å²) < 4.78 is 5.77. The highest BCUT2D eigenvalue weighted by Crippen LogP contribution is 2.38. The van der Waals surface area contributed by atoms with Crippen molar-refractivity contribution >= 4 is 57.7 Å². The average molecular weight is 725 g/mol. The first-order chi connectivity index (χ1) is 25.4. The molecule has 0 aliphatic heterocycles. The summed E-state index contributed by atoms with van der Waals surface area (Å²) >= 11 is 2.73. The van der Waals surface area contributed by atoms with Crippen LogP contribution in [0, 0.1) is 6.92 Å². The molecule has 260 valence electrons. The first-order valence-corrected chi connectivity index (χ1v) is 18.4. The number of ether oxygens (including phenoxy) is 1. The Kier molecular flexibility index (Phi) is 11.9. The Labute approximate surface area is 311 Å². The number of thioether (sulfide) groups is 1. The van der Waals surface area contributed by atoms with Crippen molar-refractivity contribution in [2.24, 2.45) is 0 Å². The van der Waals surface area contributed by atoms with E-state index in [0.717, 1.165) is 27.3 Å². The molecule has 52 heavy (non-hydrogen) atoms. The zero-order chi connectivity index (χ0) is 36.3. The minimum atomic E-state index is -0.616. The number of carbonyl (C=O) groups excluding carboxylic acids is 3. The SMILES string of the molecule is CCOc1ccccc1/C=C(/NC(=O)c1ccccc1)C(=O)Nc1cccc(SC(C(=O)Nc2nc(-c3ccc(C)cc3)cs2)c2ccccc2)c1. The lowest BCUT2D eigenvalue weighted by Gasteiger charge is -2.17. The second-order valence-corrected chi connectivity index (χ2v) is 13.7. The van der Waals surface area contributed by atoms with Crippen LogP contribution >= 0.6 is 23.1 Å². The van der Waals surface area contributed by atoms with Crippen LogP contribution in [0.15, 0.2) is 149 Å². The van der Waals surface area contributed by atoms with Gasteiger partial charge in [-0.2, -0.15) is 0 Å². The number of amides is 3. The Bertz CT molecular complexity index is 2190. The van der Waals surface area contributed by atoms with E-state index in [2.05, 4.69) is 20.9 Å². The first-order valence-electron chi connectivity index (χ1n) is 16.6. The molecule has 6 rings (SSSR count). The van der Waals surface area contributed by atoms with Crippen molar-refractivity contribution in [2.45, 2.75) is 24.0 Å². The zero-order valence-electron chi connectivity index (χ0n) is 28.5. The number of hydrogen-bond acceptors (Lipinski definition) is 7. The molecule has 0 radical (unpaired) electrons. The Morgan fingerprint density at radius 3 is 2.29 bits per heavy atom. The van der Waals surface area contributed by atoms with E-state index >= 15 is 0 Å². The zero-order valence-corrected chi connectivity index (χ0v) is 30.2. The number of anilines is 2. The summed E-state index contributed by atoms with van der Waals surface area (Å²) in [4.78, 5) is 46.3. The Morgan fingerprint density at radius 1 is 0.827 bits per heavy atom. The van der Waals surface area contributed by atoms with Gasteiger partial charge in [-0.15, -0.1) is 23.1 Å². The molecule has 0 aliphatic carbocycles. The summed E-state index contributed by atoms with van der Waals surface area (Å²) in [5.74, 6) is -0.597. The normalized spacial score (nSPS) is 11.7. The molecule has 0 spiro atoms. The van der Waals surface area contributed by atoms with Crippen LogP contribution in [0.2, 0.25) is 0 Å². The Hall–Kier alpha value is -5.97. The minimum absolute atomic E-state index is 0.0362. The quantitative estimate of drug-likeness (QED) is 0.0809. The fourth-order valence-electron chi connectivity index (χ4n) is 5.23. The summed E-state index contributed by atoms with van der Waals surface area (Å²) in [5.41, 5.74) is 5.32. The second-order valence-electron chi connectivity index (χ2n) is 11.6. The molecule has 1 aromatic heterocycles. The number of hydrogen-bond donors (Lipinski definition) is 3. The van der Waals surface area contributed by atoms with Gasteiger partial charge in [0.2, 0.25) is 5.91 Å². The maximum atomic E-state index is 13.8. The predicted octanol–water partition coefficient (Wildman–Crippen LogP) is 9.40. The van der Waals surface area contributed by atoms with E-state index in [1.165, 1.54) is 23.1 Å². The van der Waals surface area contributed by atoms with Crippen molar-refractivity contribution in [1.82, 2.24) is 10.3 Å². The monoisotopic (exact) mass is 724 g/mol. The van der Waals surface area contributed by atoms with Gasteiger partial charge in [0.05, 0.1) is 12.3 Å². The van der Waals surface area contributed by atoms with Crippen molar-refractivity contribution in [3.05, 3.63) is 167 Å². The summed E-state index contributed by atoms with van der Waals surface area (Å²) in [5, 5.41) is 10.5. The van der Waals surface area contributed by atoms with Crippen molar-refractivity contribution in [3.63, 3.8) is 0 Å². The molecule has 10 heteroatoms. The number of thiazole rings is 1. The van der Waals surface area contributed by atoms with Crippen LogP contribution in [-0.4, -0.2) is 29.3 Å². The molecule has 0 aliphatic rings. The van der Waals surface area contributed by atoms with Crippen molar-refractivity contribution < 1.29 is 19.1 Å². The topological polar surface area (TPSA) is 109 Å². The molecular formula is C42H36N4O4S2. The summed E-state index contributed by atoms with van der Waals surface area (Å²) in [6.45, 7) is 4.35. The lowest BCUT2D eigenvalue weighted by Crippen LogP contribution is -2.30. The molecule has 1 atom stereocenters. The first kappa shape index (κ1) is 35.8. The van der Waals surface area contributed by atoms with Crippen molar-refractivity contribution in [2.75, 3.05) is 17.2 Å². The molecule has 1 unspecified atom stereocenters. The number of nitrogens with one attached hydrogen (secondary N) is 3. The van der Waals surface area contributed by atoms with E-state index in [0.29, 0.717) is 34.3 Å². The average Bonchev–Trinajstić information content (AvgIpc) is 3.63. The van der Waals surface area contributed by atoms with Gasteiger partial charge in [0.1, 0.15) is 16.7 Å². The van der Waals surface area contributed by atoms with Crippen LogP contribution in [0.3, 0.4) is 0 Å². The molecule has 3 N–H and O–H groups in total. The number of benzene rings is 5. The lowest BCUT2D eigenvalue weighted by molar-refractivity contribution is -0.116. The smallest absolute Gasteiger partial charge is 0.272 e. The number of aryl methyl sites for hydroxylation is 1. The van der Waals surface area contributed by atoms with E-state index in [9.17, 15) is 14.4 Å². The molecule has 1 heterocycles. The Balaban J connectivity index is 1.22. The molecule has 6 aromatic rings. The van der Waals surface area contributed by atoms with Crippen LogP contribution in [0.4, 0.5) is 10.8 Å². The maximum absolute atomic E-state index is 13.8. The van der Waals surface area contributed by atoms with Crippen LogP contribution in [0.5, 0.6) is 5.75 Å². The minimum Gasteiger partial charge on any atom is -0.493 e. The van der Waals surface area contributed by atoms with Gasteiger partial charge < -0.3 is 20.7 Å². The molecule has 3 amide bonds. The van der Waals surface area contributed by atoms with Crippen molar-refractivity contribution in [3.8, 4) is 17.0 Å². The van der Waals surface area contributed by atoms with Crippen LogP contribution in [-0.2, 0) is 9.59 Å². The van der Waals surface area contributed by atoms with Crippen molar-refractivity contribution in [1.29, 1.82) is 0 Å². The molecule has 0 saturated carbocycles. The highest BCUT2D eigenvalue weighted by Gasteiger charge is 2.24. The fourth-order valence-corrected chi connectivity index (χ4v) is 7.03. The standard InChI is InChI=1S/C42H36N4O4S2/c1-3-50-37-20-11-10-17-32(37)25-35(44-39(47)31-15-8-5-9-16-31)40(48)43-33-18-12-19-34(26-33)52-38(30-13-6-4-7-14-30)41(49)46-42-45-36(27-51-42)29-23-21-28(2)22-24-29/h4-27,38H,3H2,1-2H3,(H,43,48)(H,44,47)(H,45,46,49)/b35-25+. The van der Waals surface area contributed by atoms with Crippen LogP contribution in [0.25, 0.3) is 17.3 Å². The van der Waals surface area contributed by atoms with Gasteiger partial charge in [-0.25, -0.2) is 4.98 Å². The van der Waals surface area contributed by atoms with Gasteiger partial charge in [-0.05, 0) is 61.9 Å². The maximum Gasteiger partial charge on any atom is 0.272 e. The summed E-state index contributed by atoms with van der Waals surface area (Å²) in [6.07, 6.45) is 1.60. The van der Waals surface area contributed by atoms with E-state index < -0.39 is 17.1 Å². The van der Waals surface area contributed by atoms with Crippen LogP contribution in [0.1, 0.15) is 39.2 Å². The number of aromatic nitrogens is 1.